The van der Waals surface area contributed by atoms with Crippen molar-refractivity contribution in [3.05, 3.63) is 56.4 Å². The Hall–Kier alpha value is -0.821. The van der Waals surface area contributed by atoms with E-state index in [9.17, 15) is 0 Å². The number of rotatable bonds is 0. The van der Waals surface area contributed by atoms with Crippen molar-refractivity contribution in [2.45, 2.75) is 0 Å². The topological polar surface area (TPSA) is 31.6 Å². The van der Waals surface area contributed by atoms with E-state index in [1.54, 1.807) is 22.7 Å². The fraction of sp³-hybridized carbons (Fsp3) is 0. The van der Waals surface area contributed by atoms with Crippen molar-refractivity contribution in [1.82, 2.24) is 9.97 Å². The van der Waals surface area contributed by atoms with E-state index in [4.69, 9.17) is 24.4 Å². The van der Waals surface area contributed by atoms with E-state index in [0.29, 0.717) is 0 Å². The minimum absolute atomic E-state index is 0. The van der Waals surface area contributed by atoms with Gasteiger partial charge in [-0.1, -0.05) is 24.3 Å². The first kappa shape index (κ1) is 16.5. The molecule has 4 rings (SSSR count). The van der Waals surface area contributed by atoms with Gasteiger partial charge in [-0.15, -0.1) is 22.7 Å². The second-order valence-corrected chi connectivity index (χ2v) is 7.46. The number of thiazole rings is 2. The van der Waals surface area contributed by atoms with E-state index in [1.807, 2.05) is 36.4 Å². The Labute approximate surface area is 150 Å². The van der Waals surface area contributed by atoms with Crippen molar-refractivity contribution in [3.8, 4) is 0 Å². The molecule has 7 heteroatoms. The summed E-state index contributed by atoms with van der Waals surface area (Å²) in [5, 5.41) is 0. The molecule has 2 heterocycles. The Morgan fingerprint density at radius 2 is 1.05 bits per heavy atom. The summed E-state index contributed by atoms with van der Waals surface area (Å²) >= 11 is 13.2. The molecule has 4 aromatic rings. The third-order valence-corrected chi connectivity index (χ3v) is 5.08. The van der Waals surface area contributed by atoms with Crippen LogP contribution in [0.1, 0.15) is 0 Å². The molecule has 0 unspecified atom stereocenters. The van der Waals surface area contributed by atoms with Crippen molar-refractivity contribution < 1.29 is 17.1 Å². The normalized spacial score (nSPS) is 9.90. The summed E-state index contributed by atoms with van der Waals surface area (Å²) in [6.45, 7) is 0. The SMILES string of the molecule is S=c1[nH]c2ccccc2s1.S=c1[nH]c2ccccc2s1.[Cu]. The number of benzene rings is 2. The molecular weight excluding hydrogens is 388 g/mol. The second-order valence-electron chi connectivity index (χ2n) is 4.02. The van der Waals surface area contributed by atoms with Crippen LogP contribution in [-0.2, 0) is 17.1 Å². The van der Waals surface area contributed by atoms with Crippen molar-refractivity contribution >= 4 is 67.5 Å². The van der Waals surface area contributed by atoms with Gasteiger partial charge in [0.1, 0.15) is 0 Å². The standard InChI is InChI=1S/2C7H5NS2.Cu/c2*9-7-8-5-3-1-2-4-6(5)10-7;/h2*1-4H,(H,8,9);. The molecule has 0 aliphatic carbocycles. The molecule has 0 atom stereocenters. The molecule has 1 radical (unpaired) electrons. The predicted molar refractivity (Wildman–Crippen MR) is 94.0 cm³/mol. The maximum absolute atomic E-state index is 4.98. The fourth-order valence-electron chi connectivity index (χ4n) is 1.79. The Kier molecular flexibility index (Phi) is 5.87. The van der Waals surface area contributed by atoms with Gasteiger partial charge in [0.05, 0.1) is 20.4 Å². The van der Waals surface area contributed by atoms with Gasteiger partial charge < -0.3 is 9.97 Å². The summed E-state index contributed by atoms with van der Waals surface area (Å²) in [4.78, 5) is 6.18. The van der Waals surface area contributed by atoms with Gasteiger partial charge in [-0.05, 0) is 48.7 Å². The Bertz CT molecular complexity index is 812. The molecule has 0 saturated carbocycles. The van der Waals surface area contributed by atoms with Crippen LogP contribution in [0.5, 0.6) is 0 Å². The summed E-state index contributed by atoms with van der Waals surface area (Å²) in [7, 11) is 0. The molecule has 0 saturated heterocycles. The smallest absolute Gasteiger partial charge is 0.159 e. The molecule has 0 bridgehead atoms. The van der Waals surface area contributed by atoms with Crippen molar-refractivity contribution in [1.29, 1.82) is 0 Å². The number of aromatic nitrogens is 2. The average molecular weight is 398 g/mol. The molecule has 0 spiro atoms. The van der Waals surface area contributed by atoms with E-state index in [-0.39, 0.29) is 17.1 Å². The van der Waals surface area contributed by atoms with E-state index < -0.39 is 0 Å². The van der Waals surface area contributed by atoms with Crippen molar-refractivity contribution in [2.24, 2.45) is 0 Å². The van der Waals surface area contributed by atoms with Crippen molar-refractivity contribution in [3.63, 3.8) is 0 Å². The molecule has 21 heavy (non-hydrogen) atoms. The third kappa shape index (κ3) is 4.09. The van der Waals surface area contributed by atoms with Crippen LogP contribution < -0.4 is 0 Å². The van der Waals surface area contributed by atoms with E-state index in [1.165, 1.54) is 9.40 Å². The summed E-state index contributed by atoms with van der Waals surface area (Å²) in [5.74, 6) is 0. The van der Waals surface area contributed by atoms with Crippen molar-refractivity contribution in [2.75, 3.05) is 0 Å². The molecule has 0 aliphatic rings. The van der Waals surface area contributed by atoms with Gasteiger partial charge in [0.15, 0.2) is 7.91 Å². The summed E-state index contributed by atoms with van der Waals surface area (Å²) in [5.41, 5.74) is 2.27. The number of hydrogen-bond acceptors (Lipinski definition) is 4. The monoisotopic (exact) mass is 397 g/mol. The fourth-order valence-corrected chi connectivity index (χ4v) is 4.02. The van der Waals surface area contributed by atoms with Crippen LogP contribution in [0.25, 0.3) is 20.4 Å². The van der Waals surface area contributed by atoms with E-state index in [2.05, 4.69) is 22.1 Å². The van der Waals surface area contributed by atoms with Gasteiger partial charge in [0.25, 0.3) is 0 Å². The molecule has 0 fully saturated rings. The van der Waals surface area contributed by atoms with Crippen LogP contribution in [0.3, 0.4) is 0 Å². The van der Waals surface area contributed by atoms with Gasteiger partial charge in [-0.2, -0.15) is 0 Å². The largest absolute Gasteiger partial charge is 0.337 e. The van der Waals surface area contributed by atoms with Gasteiger partial charge >= 0.3 is 0 Å². The van der Waals surface area contributed by atoms with Crippen LogP contribution >= 0.6 is 47.1 Å². The Morgan fingerprint density at radius 3 is 1.43 bits per heavy atom. The minimum atomic E-state index is 0. The maximum atomic E-state index is 4.98. The maximum Gasteiger partial charge on any atom is 0.159 e. The Morgan fingerprint density at radius 1 is 0.667 bits per heavy atom. The van der Waals surface area contributed by atoms with Crippen LogP contribution in [0, 0.1) is 7.91 Å². The van der Waals surface area contributed by atoms with Gasteiger partial charge in [0, 0.05) is 17.1 Å². The number of aromatic amines is 2. The van der Waals surface area contributed by atoms with Gasteiger partial charge in [-0.25, -0.2) is 0 Å². The molecule has 111 valence electrons. The zero-order chi connectivity index (χ0) is 13.9. The second kappa shape index (κ2) is 7.44. The summed E-state index contributed by atoms with van der Waals surface area (Å²) in [6, 6.07) is 16.2. The zero-order valence-corrected chi connectivity index (χ0v) is 14.8. The molecular formula is C14H10CuN2S4. The number of H-pyrrole nitrogens is 2. The quantitative estimate of drug-likeness (QED) is 0.285. The van der Waals surface area contributed by atoms with Crippen LogP contribution in [0.2, 0.25) is 0 Å². The minimum Gasteiger partial charge on any atom is -0.337 e. The van der Waals surface area contributed by atoms with Gasteiger partial charge in [-0.3, -0.25) is 0 Å². The average Bonchev–Trinajstić information content (AvgIpc) is 2.99. The van der Waals surface area contributed by atoms with Crippen LogP contribution in [0.4, 0.5) is 0 Å². The van der Waals surface area contributed by atoms with E-state index in [0.717, 1.165) is 18.9 Å². The van der Waals surface area contributed by atoms with Crippen LogP contribution in [0.15, 0.2) is 48.5 Å². The van der Waals surface area contributed by atoms with E-state index >= 15 is 0 Å². The summed E-state index contributed by atoms with van der Waals surface area (Å²) in [6.07, 6.45) is 0. The number of fused-ring (bicyclic) bond motifs is 2. The molecule has 0 amide bonds. The number of nitrogens with one attached hydrogen (secondary N) is 2. The predicted octanol–water partition coefficient (Wildman–Crippen LogP) is 5.92. The number of para-hydroxylation sites is 2. The molecule has 2 nitrogen and oxygen atoms in total. The first-order valence-electron chi connectivity index (χ1n) is 5.88. The molecule has 2 aromatic carbocycles. The molecule has 0 aliphatic heterocycles. The van der Waals surface area contributed by atoms with Crippen LogP contribution in [-0.4, -0.2) is 9.97 Å². The Balaban J connectivity index is 0.000000147. The van der Waals surface area contributed by atoms with Gasteiger partial charge in [0.2, 0.25) is 0 Å². The number of hydrogen-bond donors (Lipinski definition) is 2. The molecule has 2 N–H and O–H groups in total. The molecule has 2 aromatic heterocycles. The zero-order valence-electron chi connectivity index (χ0n) is 10.6. The first-order valence-corrected chi connectivity index (χ1v) is 8.33. The summed E-state index contributed by atoms with van der Waals surface area (Å²) < 4.78 is 4.16. The first-order chi connectivity index (χ1) is 9.72. The third-order valence-electron chi connectivity index (χ3n) is 2.65.